The van der Waals surface area contributed by atoms with Crippen molar-refractivity contribution in [2.24, 2.45) is 0 Å². The Morgan fingerprint density at radius 1 is 0.622 bits per heavy atom. The molecule has 45 heavy (non-hydrogen) atoms. The van der Waals surface area contributed by atoms with E-state index in [2.05, 4.69) is 14.2 Å². The highest BCUT2D eigenvalue weighted by molar-refractivity contribution is 5.01. The summed E-state index contributed by atoms with van der Waals surface area (Å²) in [6, 6.07) is -14.3. The number of ether oxygens (including phenoxy) is 5. The summed E-state index contributed by atoms with van der Waals surface area (Å²) in [5, 5.41) is 0. The molecule has 0 saturated carbocycles. The maximum absolute atomic E-state index is 14.5. The van der Waals surface area contributed by atoms with E-state index >= 15 is 0 Å². The van der Waals surface area contributed by atoms with E-state index in [0.29, 0.717) is 0 Å². The van der Waals surface area contributed by atoms with Gasteiger partial charge in [0.05, 0.1) is 13.2 Å². The van der Waals surface area contributed by atoms with Crippen LogP contribution in [0.3, 0.4) is 0 Å². The number of halogens is 23. The summed E-state index contributed by atoms with van der Waals surface area (Å²) in [4.78, 5) is -3.47. The van der Waals surface area contributed by atoms with Gasteiger partial charge in [-0.25, -0.2) is 18.3 Å². The van der Waals surface area contributed by atoms with Crippen molar-refractivity contribution in [2.75, 3.05) is 13.2 Å². The lowest BCUT2D eigenvalue weighted by Crippen LogP contribution is -2.78. The monoisotopic (exact) mass is 731 g/mol. The lowest BCUT2D eigenvalue weighted by molar-refractivity contribution is -0.575. The van der Waals surface area contributed by atoms with Crippen LogP contribution in [0.4, 0.5) is 101 Å². The molecule has 0 spiro atoms. The predicted molar refractivity (Wildman–Crippen MR) is 84.9 cm³/mol. The molecule has 0 bridgehead atoms. The number of nitrogens with zero attached hydrogens (tertiary/aromatic N) is 1. The third-order valence-electron chi connectivity index (χ3n) is 5.36. The fourth-order valence-electron chi connectivity index (χ4n) is 3.12. The fourth-order valence-corrected chi connectivity index (χ4v) is 3.12. The van der Waals surface area contributed by atoms with Crippen LogP contribution >= 0.6 is 0 Å². The summed E-state index contributed by atoms with van der Waals surface area (Å²) in [5.74, 6) is -20.4. The van der Waals surface area contributed by atoms with Crippen molar-refractivity contribution < 1.29 is 125 Å². The number of morpholine rings is 1. The molecular formula is C16H8F23NO5. The zero-order valence-electron chi connectivity index (χ0n) is 19.9. The van der Waals surface area contributed by atoms with Crippen molar-refractivity contribution in [1.29, 1.82) is 0 Å². The van der Waals surface area contributed by atoms with E-state index in [1.165, 1.54) is 4.74 Å². The van der Waals surface area contributed by atoms with Gasteiger partial charge in [-0.05, 0) is 0 Å². The van der Waals surface area contributed by atoms with E-state index in [9.17, 15) is 101 Å². The first-order valence-electron chi connectivity index (χ1n) is 10.4. The van der Waals surface area contributed by atoms with Crippen molar-refractivity contribution >= 4 is 0 Å². The number of alkyl halides is 23. The van der Waals surface area contributed by atoms with E-state index in [4.69, 9.17) is 0 Å². The van der Waals surface area contributed by atoms with Crippen LogP contribution in [0, 0.1) is 0 Å². The molecule has 4 unspecified atom stereocenters. The first kappa shape index (κ1) is 39.3. The summed E-state index contributed by atoms with van der Waals surface area (Å²) >= 11 is 0. The largest absolute Gasteiger partial charge is 0.527 e. The SMILES string of the molecule is FC(OC(F)(F)C(F)(F)C(F)(F)OC(F)(F)F)C(F)(F)C1COCC(C(F)(F)C(F)N2C(F)(F)C(F)(F)OC(F)(F)C2(F)F)O1. The van der Waals surface area contributed by atoms with Gasteiger partial charge in [0.2, 0.25) is 6.30 Å². The van der Waals surface area contributed by atoms with E-state index in [1.807, 2.05) is 4.74 Å². The Morgan fingerprint density at radius 2 is 1.02 bits per heavy atom. The Kier molecular flexibility index (Phi) is 9.71. The molecule has 29 heteroatoms. The van der Waals surface area contributed by atoms with Crippen molar-refractivity contribution in [3.63, 3.8) is 0 Å². The van der Waals surface area contributed by atoms with Gasteiger partial charge in [-0.15, -0.1) is 18.1 Å². The molecule has 2 rings (SSSR count). The van der Waals surface area contributed by atoms with Crippen LogP contribution in [-0.4, -0.2) is 104 Å². The minimum absolute atomic E-state index is 1.41. The third-order valence-corrected chi connectivity index (χ3v) is 5.36. The molecule has 0 aromatic carbocycles. The van der Waals surface area contributed by atoms with Gasteiger partial charge in [0.15, 0.2) is 6.10 Å². The Balaban J connectivity index is 2.36. The summed E-state index contributed by atoms with van der Waals surface area (Å²) < 4.78 is 322. The Bertz CT molecular complexity index is 1040. The molecule has 0 N–H and O–H groups in total. The Hall–Kier alpha value is -1.85. The summed E-state index contributed by atoms with van der Waals surface area (Å²) in [6.45, 7) is -4.36. The highest BCUT2D eigenvalue weighted by Gasteiger charge is 2.86. The van der Waals surface area contributed by atoms with Crippen LogP contribution in [0.15, 0.2) is 0 Å². The van der Waals surface area contributed by atoms with E-state index in [1.54, 1.807) is 0 Å². The average Bonchev–Trinajstić information content (AvgIpc) is 2.80. The molecule has 2 saturated heterocycles. The molecule has 4 atom stereocenters. The lowest BCUT2D eigenvalue weighted by atomic mass is 10.1. The molecule has 0 aromatic heterocycles. The molecular weight excluding hydrogens is 723 g/mol. The van der Waals surface area contributed by atoms with Gasteiger partial charge in [-0.1, -0.05) is 0 Å². The number of rotatable bonds is 10. The molecule has 2 heterocycles. The first-order valence-corrected chi connectivity index (χ1v) is 10.4. The quantitative estimate of drug-likeness (QED) is 0.184. The Morgan fingerprint density at radius 3 is 1.42 bits per heavy atom. The molecule has 6 nitrogen and oxygen atoms in total. The summed E-state index contributed by atoms with van der Waals surface area (Å²) in [5.41, 5.74) is 0. The highest BCUT2D eigenvalue weighted by atomic mass is 19.4. The topological polar surface area (TPSA) is 49.4 Å². The van der Waals surface area contributed by atoms with Crippen molar-refractivity contribution in [1.82, 2.24) is 4.90 Å². The molecule has 2 aliphatic heterocycles. The predicted octanol–water partition coefficient (Wildman–Crippen LogP) is 6.71. The standard InChI is InChI=1S/C16H8F23NO5/c17-5(40-10(25,26)14(33,34)44-15(35,36)11(40,27)28)7(19,20)3-1-41-2-4(42-3)8(21,22)6(18)43-12(29,30)9(23,24)13(31,32)45-16(37,38)39/h3-6H,1-2H2. The zero-order valence-corrected chi connectivity index (χ0v) is 19.9. The van der Waals surface area contributed by atoms with Gasteiger partial charge in [-0.3, -0.25) is 4.74 Å². The van der Waals surface area contributed by atoms with E-state index < -0.39 is 104 Å². The smallest absolute Gasteiger partial charge is 0.376 e. The second-order valence-corrected chi connectivity index (χ2v) is 8.51. The lowest BCUT2D eigenvalue weighted by Gasteiger charge is -2.49. The maximum Gasteiger partial charge on any atom is 0.527 e. The number of hydrogen-bond donors (Lipinski definition) is 0. The molecule has 0 radical (unpaired) electrons. The number of hydrogen-bond acceptors (Lipinski definition) is 6. The summed E-state index contributed by atoms with van der Waals surface area (Å²) in [6.07, 6.45) is -55.1. The molecule has 0 aliphatic carbocycles. The van der Waals surface area contributed by atoms with Crippen molar-refractivity contribution in [3.05, 3.63) is 0 Å². The minimum Gasteiger partial charge on any atom is -0.376 e. The van der Waals surface area contributed by atoms with Crippen LogP contribution in [0.2, 0.25) is 0 Å². The molecule has 268 valence electrons. The fraction of sp³-hybridized carbons (Fsp3) is 1.00. The Labute approximate surface area is 229 Å². The highest BCUT2D eigenvalue weighted by Crippen LogP contribution is 2.58. The van der Waals surface area contributed by atoms with Crippen LogP contribution in [0.25, 0.3) is 0 Å². The normalized spacial score (nSPS) is 28.1. The van der Waals surface area contributed by atoms with Crippen LogP contribution in [0.5, 0.6) is 0 Å². The second-order valence-electron chi connectivity index (χ2n) is 8.51. The molecule has 2 aliphatic rings. The second kappa shape index (κ2) is 11.1. The first-order chi connectivity index (χ1) is 19.5. The maximum atomic E-state index is 14.5. The van der Waals surface area contributed by atoms with E-state index in [0.717, 1.165) is 0 Å². The minimum atomic E-state index is -7.68. The van der Waals surface area contributed by atoms with Gasteiger partial charge in [-0.2, -0.15) is 79.0 Å². The molecule has 0 amide bonds. The van der Waals surface area contributed by atoms with Crippen LogP contribution in [-0.2, 0) is 23.7 Å². The van der Waals surface area contributed by atoms with Crippen molar-refractivity contribution in [3.8, 4) is 0 Å². The molecule has 2 fully saturated rings. The van der Waals surface area contributed by atoms with Gasteiger partial charge >= 0.3 is 60.7 Å². The van der Waals surface area contributed by atoms with Crippen molar-refractivity contribution in [2.45, 2.75) is 85.5 Å². The van der Waals surface area contributed by atoms with Gasteiger partial charge in [0.1, 0.15) is 6.10 Å². The van der Waals surface area contributed by atoms with Gasteiger partial charge in [0, 0.05) is 0 Å². The van der Waals surface area contributed by atoms with Crippen LogP contribution in [0.1, 0.15) is 0 Å². The van der Waals surface area contributed by atoms with Gasteiger partial charge in [0.25, 0.3) is 6.36 Å². The zero-order chi connectivity index (χ0) is 35.8. The van der Waals surface area contributed by atoms with Gasteiger partial charge < -0.3 is 9.47 Å². The average molecular weight is 731 g/mol. The van der Waals surface area contributed by atoms with E-state index in [-0.39, 0.29) is 0 Å². The third kappa shape index (κ3) is 6.64. The molecule has 0 aromatic rings. The summed E-state index contributed by atoms with van der Waals surface area (Å²) in [7, 11) is 0. The van der Waals surface area contributed by atoms with Crippen LogP contribution < -0.4 is 0 Å².